The predicted molar refractivity (Wildman–Crippen MR) is 109 cm³/mol. The third-order valence-corrected chi connectivity index (χ3v) is 5.27. The highest BCUT2D eigenvalue weighted by Gasteiger charge is 2.24. The molecular formula is C21H27ClN3O2. The average molecular weight is 389 g/mol. The highest BCUT2D eigenvalue weighted by atomic mass is 35.5. The molecule has 6 heteroatoms. The summed E-state index contributed by atoms with van der Waals surface area (Å²) in [6.45, 7) is 5.76. The van der Waals surface area contributed by atoms with E-state index in [-0.39, 0.29) is 5.91 Å². The van der Waals surface area contributed by atoms with E-state index in [1.165, 1.54) is 0 Å². The first-order chi connectivity index (χ1) is 13.2. The minimum atomic E-state index is 0.0177. The number of carbonyl (C=O) groups excluding carboxylic acids is 1. The molecule has 0 spiro atoms. The fourth-order valence-electron chi connectivity index (χ4n) is 3.45. The minimum absolute atomic E-state index is 0.0177. The van der Waals surface area contributed by atoms with Gasteiger partial charge in [-0.2, -0.15) is 0 Å². The highest BCUT2D eigenvalue weighted by molar-refractivity contribution is 6.32. The number of hydrogen-bond donors (Lipinski definition) is 1. The Morgan fingerprint density at radius 3 is 2.59 bits per heavy atom. The number of benzene rings is 1. The summed E-state index contributed by atoms with van der Waals surface area (Å²) in [5, 5.41) is 3.63. The molecule has 0 aromatic heterocycles. The Morgan fingerprint density at radius 2 is 1.89 bits per heavy atom. The number of para-hydroxylation sites is 1. The maximum Gasteiger partial charge on any atom is 0.227 e. The van der Waals surface area contributed by atoms with Crippen LogP contribution in [0, 0.1) is 31.6 Å². The lowest BCUT2D eigenvalue weighted by Gasteiger charge is -2.36. The van der Waals surface area contributed by atoms with Crippen molar-refractivity contribution in [2.45, 2.75) is 12.8 Å². The summed E-state index contributed by atoms with van der Waals surface area (Å²) in [6, 6.07) is 5.89. The van der Waals surface area contributed by atoms with Gasteiger partial charge in [0.25, 0.3) is 0 Å². The largest absolute Gasteiger partial charge is 0.493 e. The molecule has 1 aliphatic carbocycles. The molecule has 0 bridgehead atoms. The van der Waals surface area contributed by atoms with Crippen LogP contribution in [0.3, 0.4) is 0 Å². The number of methoxy groups -OCH3 is 1. The molecule has 5 radical (unpaired) electrons. The van der Waals surface area contributed by atoms with Crippen LogP contribution in [0.4, 0.5) is 5.69 Å². The fraction of sp³-hybridized carbons (Fsp3) is 0.429. The van der Waals surface area contributed by atoms with Crippen molar-refractivity contribution < 1.29 is 9.53 Å². The molecule has 0 unspecified atom stereocenters. The Bertz CT molecular complexity index is 611. The molecule has 0 atom stereocenters. The summed E-state index contributed by atoms with van der Waals surface area (Å²) in [5.41, 5.74) is 1.07. The minimum Gasteiger partial charge on any atom is -0.493 e. The standard InChI is InChI=1S/C21H27ClN3O2/c1-27-20-18(22)9-6-10-19(20)25-15-13-24(14-16-25)12-5-4-11-23-21(26)17-7-2-3-8-17/h2-3,6-10H,4-5,11-16H2,1H3,(H,23,26). The van der Waals surface area contributed by atoms with Crippen LogP contribution < -0.4 is 15.0 Å². The third kappa shape index (κ3) is 5.52. The number of amides is 1. The van der Waals surface area contributed by atoms with Gasteiger partial charge in [0.05, 0.1) is 23.7 Å². The van der Waals surface area contributed by atoms with Crippen LogP contribution in [-0.2, 0) is 4.79 Å². The lowest BCUT2D eigenvalue weighted by molar-refractivity contribution is -0.118. The summed E-state index contributed by atoms with van der Waals surface area (Å²) in [6.07, 6.45) is 9.52. The molecule has 3 rings (SSSR count). The van der Waals surface area contributed by atoms with Gasteiger partial charge >= 0.3 is 0 Å². The van der Waals surface area contributed by atoms with E-state index >= 15 is 0 Å². The Hall–Kier alpha value is -1.46. The quantitative estimate of drug-likeness (QED) is 0.695. The van der Waals surface area contributed by atoms with Gasteiger partial charge in [-0.1, -0.05) is 17.7 Å². The summed E-state index contributed by atoms with van der Waals surface area (Å²) >= 11 is 6.24. The number of unbranched alkanes of at least 4 members (excludes halogenated alkanes) is 1. The van der Waals surface area contributed by atoms with E-state index in [0.29, 0.717) is 5.02 Å². The molecular weight excluding hydrogens is 362 g/mol. The highest BCUT2D eigenvalue weighted by Crippen LogP contribution is 2.35. The van der Waals surface area contributed by atoms with E-state index in [1.807, 2.05) is 37.8 Å². The molecule has 1 aromatic carbocycles. The lowest BCUT2D eigenvalue weighted by Crippen LogP contribution is -2.46. The Kier molecular flexibility index (Phi) is 7.65. The molecule has 1 aromatic rings. The SMILES string of the molecule is COc1c(Cl)cccc1N1CCN(CCCCNC(=O)[C]2[CH][CH][CH][CH]2)CC1. The summed E-state index contributed by atoms with van der Waals surface area (Å²) in [7, 11) is 1.66. The summed E-state index contributed by atoms with van der Waals surface area (Å²) in [4.78, 5) is 16.7. The molecule has 27 heavy (non-hydrogen) atoms. The number of halogens is 1. The molecule has 2 fully saturated rings. The first kappa shape index (κ1) is 20.3. The van der Waals surface area contributed by atoms with Crippen molar-refractivity contribution in [1.82, 2.24) is 10.2 Å². The maximum absolute atomic E-state index is 11.9. The molecule has 1 saturated heterocycles. The van der Waals surface area contributed by atoms with Gasteiger partial charge in [0.15, 0.2) is 5.75 Å². The van der Waals surface area contributed by atoms with Crippen LogP contribution in [0.2, 0.25) is 5.02 Å². The average Bonchev–Trinajstić information content (AvgIpc) is 3.23. The Morgan fingerprint density at radius 1 is 1.15 bits per heavy atom. The molecule has 1 heterocycles. The number of anilines is 1. The number of rotatable bonds is 8. The first-order valence-electron chi connectivity index (χ1n) is 9.49. The van der Waals surface area contributed by atoms with Gasteiger partial charge in [-0.05, 0) is 57.2 Å². The fourth-order valence-corrected chi connectivity index (χ4v) is 3.70. The van der Waals surface area contributed by atoms with Gasteiger partial charge in [-0.25, -0.2) is 0 Å². The van der Waals surface area contributed by atoms with E-state index in [0.717, 1.165) is 69.5 Å². The number of ether oxygens (including phenoxy) is 1. The van der Waals surface area contributed by atoms with E-state index in [9.17, 15) is 4.79 Å². The van der Waals surface area contributed by atoms with Crippen molar-refractivity contribution in [1.29, 1.82) is 0 Å². The molecule has 1 amide bonds. The van der Waals surface area contributed by atoms with Crippen LogP contribution in [0.15, 0.2) is 18.2 Å². The van der Waals surface area contributed by atoms with Crippen molar-refractivity contribution in [3.8, 4) is 5.75 Å². The maximum atomic E-state index is 11.9. The van der Waals surface area contributed by atoms with Crippen molar-refractivity contribution in [2.75, 3.05) is 51.3 Å². The number of piperazine rings is 1. The normalized spacial score (nSPS) is 18.7. The second-order valence-corrected chi connectivity index (χ2v) is 7.16. The van der Waals surface area contributed by atoms with Crippen molar-refractivity contribution in [3.63, 3.8) is 0 Å². The smallest absolute Gasteiger partial charge is 0.227 e. The molecule has 1 saturated carbocycles. The van der Waals surface area contributed by atoms with Crippen molar-refractivity contribution in [3.05, 3.63) is 54.8 Å². The number of hydrogen-bond acceptors (Lipinski definition) is 4. The van der Waals surface area contributed by atoms with E-state index in [1.54, 1.807) is 7.11 Å². The topological polar surface area (TPSA) is 44.8 Å². The Labute approximate surface area is 168 Å². The zero-order valence-corrected chi connectivity index (χ0v) is 16.5. The predicted octanol–water partition coefficient (Wildman–Crippen LogP) is 2.77. The van der Waals surface area contributed by atoms with Gasteiger partial charge in [-0.3, -0.25) is 9.69 Å². The zero-order valence-electron chi connectivity index (χ0n) is 15.8. The van der Waals surface area contributed by atoms with Gasteiger partial charge in [0, 0.05) is 32.7 Å². The second-order valence-electron chi connectivity index (χ2n) is 6.76. The van der Waals surface area contributed by atoms with Gasteiger partial charge in [0.1, 0.15) is 0 Å². The molecule has 1 aliphatic heterocycles. The van der Waals surface area contributed by atoms with Crippen LogP contribution >= 0.6 is 11.6 Å². The van der Waals surface area contributed by atoms with Crippen LogP contribution in [0.1, 0.15) is 12.8 Å². The molecule has 5 nitrogen and oxygen atoms in total. The van der Waals surface area contributed by atoms with Crippen molar-refractivity contribution in [2.24, 2.45) is 0 Å². The summed E-state index contributed by atoms with van der Waals surface area (Å²) < 4.78 is 5.47. The van der Waals surface area contributed by atoms with E-state index < -0.39 is 0 Å². The van der Waals surface area contributed by atoms with Gasteiger partial charge in [0.2, 0.25) is 5.91 Å². The number of nitrogens with zero attached hydrogens (tertiary/aromatic N) is 2. The van der Waals surface area contributed by atoms with Crippen LogP contribution in [0.25, 0.3) is 0 Å². The van der Waals surface area contributed by atoms with Crippen LogP contribution in [0.5, 0.6) is 5.75 Å². The third-order valence-electron chi connectivity index (χ3n) is 4.97. The second kappa shape index (κ2) is 10.2. The molecule has 1 N–H and O–H groups in total. The molecule has 145 valence electrons. The van der Waals surface area contributed by atoms with Gasteiger partial charge < -0.3 is 15.0 Å². The van der Waals surface area contributed by atoms with Gasteiger partial charge in [-0.15, -0.1) is 0 Å². The number of carbonyl (C=O) groups is 1. The Balaban J connectivity index is 1.33. The first-order valence-corrected chi connectivity index (χ1v) is 9.86. The van der Waals surface area contributed by atoms with Crippen molar-refractivity contribution >= 4 is 23.2 Å². The molecule has 2 aliphatic rings. The number of nitrogens with one attached hydrogen (secondary N) is 1. The van der Waals surface area contributed by atoms with Crippen LogP contribution in [-0.4, -0.2) is 57.2 Å². The lowest BCUT2D eigenvalue weighted by atomic mass is 10.1. The monoisotopic (exact) mass is 388 g/mol. The van der Waals surface area contributed by atoms with E-state index in [2.05, 4.69) is 21.2 Å². The summed E-state index contributed by atoms with van der Waals surface area (Å²) in [5.74, 6) is 1.51. The van der Waals surface area contributed by atoms with E-state index in [4.69, 9.17) is 16.3 Å². The zero-order chi connectivity index (χ0) is 19.1.